The highest BCUT2D eigenvalue weighted by Gasteiger charge is 2.08. The number of nitrogens with zero attached hydrogens (tertiary/aromatic N) is 1. The summed E-state index contributed by atoms with van der Waals surface area (Å²) < 4.78 is 0. The molecule has 0 aromatic heterocycles. The lowest BCUT2D eigenvalue weighted by atomic mass is 10.1. The van der Waals surface area contributed by atoms with E-state index in [-0.39, 0.29) is 11.3 Å². The molecule has 0 atom stereocenters. The van der Waals surface area contributed by atoms with Crippen molar-refractivity contribution in [2.75, 3.05) is 0 Å². The van der Waals surface area contributed by atoms with Crippen molar-refractivity contribution in [3.8, 4) is 0 Å². The van der Waals surface area contributed by atoms with E-state index in [1.165, 1.54) is 6.92 Å². The molecule has 0 fully saturated rings. The second-order valence-electron chi connectivity index (χ2n) is 3.36. The Bertz CT molecular complexity index is 179. The van der Waals surface area contributed by atoms with Crippen molar-refractivity contribution in [2.24, 2.45) is 5.10 Å². The first-order valence-corrected chi connectivity index (χ1v) is 3.37. The predicted octanol–water partition coefficient (Wildman–Crippen LogP) is 0.835. The van der Waals surface area contributed by atoms with Crippen LogP contribution in [0.15, 0.2) is 5.10 Å². The van der Waals surface area contributed by atoms with Gasteiger partial charge in [0.1, 0.15) is 5.71 Å². The minimum Gasteiger partial charge on any atom is -0.477 e. The number of hydrogen-bond acceptors (Lipinski definition) is 3. The zero-order valence-corrected chi connectivity index (χ0v) is 7.30. The summed E-state index contributed by atoms with van der Waals surface area (Å²) in [6, 6.07) is 0. The smallest absolute Gasteiger partial charge is 0.351 e. The van der Waals surface area contributed by atoms with Gasteiger partial charge in [0.25, 0.3) is 0 Å². The molecule has 0 spiro atoms. The van der Waals surface area contributed by atoms with E-state index in [0.717, 1.165) is 0 Å². The lowest BCUT2D eigenvalue weighted by Crippen LogP contribution is -2.32. The van der Waals surface area contributed by atoms with Crippen LogP contribution in [0.5, 0.6) is 0 Å². The molecule has 11 heavy (non-hydrogen) atoms. The first-order valence-electron chi connectivity index (χ1n) is 3.37. The minimum absolute atomic E-state index is 0.0694. The lowest BCUT2D eigenvalue weighted by molar-refractivity contribution is -0.129. The van der Waals surface area contributed by atoms with Gasteiger partial charge in [-0.1, -0.05) is 0 Å². The van der Waals surface area contributed by atoms with E-state index in [4.69, 9.17) is 5.11 Å². The van der Waals surface area contributed by atoms with E-state index in [0.29, 0.717) is 0 Å². The first kappa shape index (κ1) is 9.94. The molecule has 0 aliphatic carbocycles. The Labute approximate surface area is 66.3 Å². The monoisotopic (exact) mass is 158 g/mol. The van der Waals surface area contributed by atoms with Crippen LogP contribution >= 0.6 is 0 Å². The van der Waals surface area contributed by atoms with Gasteiger partial charge in [-0.15, -0.1) is 0 Å². The van der Waals surface area contributed by atoms with Gasteiger partial charge in [0.05, 0.1) is 0 Å². The van der Waals surface area contributed by atoms with Gasteiger partial charge in [-0.05, 0) is 27.7 Å². The molecule has 0 radical (unpaired) electrons. The average molecular weight is 158 g/mol. The summed E-state index contributed by atoms with van der Waals surface area (Å²) in [4.78, 5) is 10.2. The predicted molar refractivity (Wildman–Crippen MR) is 43.6 cm³/mol. The normalized spacial score (nSPS) is 12.9. The Balaban J connectivity index is 4.04. The minimum atomic E-state index is -0.998. The molecule has 0 aromatic rings. The molecule has 0 saturated carbocycles. The van der Waals surface area contributed by atoms with Gasteiger partial charge in [0, 0.05) is 5.54 Å². The number of carboxylic acid groups (broad SMARTS) is 1. The Morgan fingerprint density at radius 1 is 1.45 bits per heavy atom. The first-order chi connectivity index (χ1) is 4.83. The molecule has 0 aliphatic rings. The highest BCUT2D eigenvalue weighted by Crippen LogP contribution is 1.97. The maximum absolute atomic E-state index is 10.2. The fraction of sp³-hybridized carbons (Fsp3) is 0.714. The SMILES string of the molecule is C/C(=N/NC(C)(C)C)C(=O)O. The van der Waals surface area contributed by atoms with Crippen LogP contribution in [0.4, 0.5) is 0 Å². The molecule has 4 nitrogen and oxygen atoms in total. The topological polar surface area (TPSA) is 61.7 Å². The third-order valence-electron chi connectivity index (χ3n) is 0.869. The summed E-state index contributed by atoms with van der Waals surface area (Å²) in [6.07, 6.45) is 0. The van der Waals surface area contributed by atoms with Gasteiger partial charge in [0.2, 0.25) is 0 Å². The van der Waals surface area contributed by atoms with E-state index in [1.807, 2.05) is 20.8 Å². The lowest BCUT2D eigenvalue weighted by Gasteiger charge is -2.17. The van der Waals surface area contributed by atoms with Crippen LogP contribution in [0.1, 0.15) is 27.7 Å². The Hall–Kier alpha value is -1.06. The van der Waals surface area contributed by atoms with E-state index in [2.05, 4.69) is 10.5 Å². The summed E-state index contributed by atoms with van der Waals surface area (Å²) in [7, 11) is 0. The number of carbonyl (C=O) groups is 1. The number of nitrogens with one attached hydrogen (secondary N) is 1. The molecule has 0 aromatic carbocycles. The van der Waals surface area contributed by atoms with Crippen LogP contribution in [0, 0.1) is 0 Å². The molecule has 0 saturated heterocycles. The van der Waals surface area contributed by atoms with Crippen molar-refractivity contribution >= 4 is 11.7 Å². The van der Waals surface area contributed by atoms with Crippen LogP contribution in [0.2, 0.25) is 0 Å². The van der Waals surface area contributed by atoms with Crippen LogP contribution in [0.25, 0.3) is 0 Å². The van der Waals surface area contributed by atoms with E-state index in [1.54, 1.807) is 0 Å². The number of hydrazone groups is 1. The maximum atomic E-state index is 10.2. The van der Waals surface area contributed by atoms with Crippen LogP contribution < -0.4 is 5.43 Å². The number of carboxylic acids is 1. The van der Waals surface area contributed by atoms with Gasteiger partial charge in [-0.2, -0.15) is 5.10 Å². The molecule has 0 heterocycles. The molecule has 2 N–H and O–H groups in total. The zero-order chi connectivity index (χ0) is 9.07. The molecule has 0 bridgehead atoms. The summed E-state index contributed by atoms with van der Waals surface area (Å²) >= 11 is 0. The Morgan fingerprint density at radius 3 is 2.18 bits per heavy atom. The summed E-state index contributed by atoms with van der Waals surface area (Å²) in [5, 5.41) is 12.1. The van der Waals surface area contributed by atoms with Crippen molar-refractivity contribution in [3.63, 3.8) is 0 Å². The number of rotatable bonds is 2. The Kier molecular flexibility index (Phi) is 3.04. The zero-order valence-electron chi connectivity index (χ0n) is 7.30. The Morgan fingerprint density at radius 2 is 1.91 bits per heavy atom. The highest BCUT2D eigenvalue weighted by molar-refractivity contribution is 6.34. The van der Waals surface area contributed by atoms with Crippen LogP contribution in [0.3, 0.4) is 0 Å². The van der Waals surface area contributed by atoms with Crippen molar-refractivity contribution in [3.05, 3.63) is 0 Å². The molecule has 64 valence electrons. The van der Waals surface area contributed by atoms with Gasteiger partial charge in [0.15, 0.2) is 0 Å². The third-order valence-corrected chi connectivity index (χ3v) is 0.869. The average Bonchev–Trinajstić information content (AvgIpc) is 1.80. The van der Waals surface area contributed by atoms with Crippen molar-refractivity contribution in [2.45, 2.75) is 33.2 Å². The molecule has 0 aliphatic heterocycles. The quantitative estimate of drug-likeness (QED) is 0.462. The van der Waals surface area contributed by atoms with E-state index in [9.17, 15) is 4.79 Å². The fourth-order valence-electron chi connectivity index (χ4n) is 0.299. The molecule has 4 heteroatoms. The maximum Gasteiger partial charge on any atom is 0.351 e. The van der Waals surface area contributed by atoms with Gasteiger partial charge in [-0.25, -0.2) is 4.79 Å². The van der Waals surface area contributed by atoms with Crippen molar-refractivity contribution in [1.82, 2.24) is 5.43 Å². The van der Waals surface area contributed by atoms with Gasteiger partial charge < -0.3 is 10.5 Å². The number of hydrogen-bond donors (Lipinski definition) is 2. The van der Waals surface area contributed by atoms with E-state index < -0.39 is 5.97 Å². The largest absolute Gasteiger partial charge is 0.477 e. The highest BCUT2D eigenvalue weighted by atomic mass is 16.4. The molecule has 0 amide bonds. The fourth-order valence-corrected chi connectivity index (χ4v) is 0.299. The standard InChI is InChI=1S/C7H14N2O2/c1-5(6(10)11)8-9-7(2,3)4/h9H,1-4H3,(H,10,11)/b8-5-. The summed E-state index contributed by atoms with van der Waals surface area (Å²) in [5.41, 5.74) is 2.60. The van der Waals surface area contributed by atoms with Gasteiger partial charge >= 0.3 is 5.97 Å². The second-order valence-corrected chi connectivity index (χ2v) is 3.36. The van der Waals surface area contributed by atoms with Crippen molar-refractivity contribution in [1.29, 1.82) is 0 Å². The van der Waals surface area contributed by atoms with Crippen LogP contribution in [-0.2, 0) is 4.79 Å². The molecular weight excluding hydrogens is 144 g/mol. The van der Waals surface area contributed by atoms with Crippen LogP contribution in [-0.4, -0.2) is 22.3 Å². The second kappa shape index (κ2) is 3.37. The molecule has 0 rings (SSSR count). The summed E-state index contributed by atoms with van der Waals surface area (Å²) in [6.45, 7) is 7.17. The summed E-state index contributed by atoms with van der Waals surface area (Å²) in [5.74, 6) is -0.998. The third kappa shape index (κ3) is 5.39. The van der Waals surface area contributed by atoms with Crippen molar-refractivity contribution < 1.29 is 9.90 Å². The molecular formula is C7H14N2O2. The number of aliphatic carboxylic acids is 1. The van der Waals surface area contributed by atoms with E-state index >= 15 is 0 Å². The molecule has 0 unspecified atom stereocenters. The van der Waals surface area contributed by atoms with Gasteiger partial charge in [-0.3, -0.25) is 0 Å².